The van der Waals surface area contributed by atoms with Crippen molar-refractivity contribution in [1.29, 1.82) is 0 Å². The fourth-order valence-corrected chi connectivity index (χ4v) is 7.87. The molecule has 0 aliphatic carbocycles. The summed E-state index contributed by atoms with van der Waals surface area (Å²) in [4.78, 5) is 28.8. The van der Waals surface area contributed by atoms with Crippen molar-refractivity contribution in [2.45, 2.75) is 36.6 Å². The number of nitrogens with zero attached hydrogens (tertiary/aromatic N) is 3. The highest BCUT2D eigenvalue weighted by atomic mass is 35.5. The van der Waals surface area contributed by atoms with Crippen LogP contribution in [0.5, 0.6) is 17.2 Å². The minimum atomic E-state index is -1.05. The number of anilines is 1. The summed E-state index contributed by atoms with van der Waals surface area (Å²) < 4.78 is 17.8. The molecular weight excluding hydrogens is 717 g/mol. The number of aryl methyl sites for hydroxylation is 1. The molecule has 50 heavy (non-hydrogen) atoms. The standard InChI is InChI=1S/C37H31Cl2N3O6S2/c1-4-47-29-15-11-24(17-30(29)46-3)32-31(33(43)23-9-13-27(14-10-23)48-19-22-7-5-6-21(2)16-22)34(44)35(45)42(32)36-40-41-37(50-36)49-20-25-8-12-26(38)18-28(25)39/h5-18,32,43H,4,19-20H2,1-3H3/b33-31+. The number of hydrogen-bond acceptors (Lipinski definition) is 10. The summed E-state index contributed by atoms with van der Waals surface area (Å²) in [5.41, 5.74) is 3.74. The molecule has 1 aliphatic rings. The Balaban J connectivity index is 1.34. The van der Waals surface area contributed by atoms with E-state index < -0.39 is 17.7 Å². The second kappa shape index (κ2) is 15.6. The molecule has 1 unspecified atom stereocenters. The normalized spacial score (nSPS) is 15.4. The van der Waals surface area contributed by atoms with Crippen LogP contribution in [0.2, 0.25) is 10.0 Å². The van der Waals surface area contributed by atoms with Gasteiger partial charge in [0.25, 0.3) is 5.78 Å². The summed E-state index contributed by atoms with van der Waals surface area (Å²) in [6.45, 7) is 4.65. The van der Waals surface area contributed by atoms with Gasteiger partial charge in [0.2, 0.25) is 5.13 Å². The van der Waals surface area contributed by atoms with Gasteiger partial charge in [0.05, 0.1) is 25.3 Å². The topological polar surface area (TPSA) is 111 Å². The number of amides is 1. The first-order valence-corrected chi connectivity index (χ1v) is 18.0. The van der Waals surface area contributed by atoms with Crippen molar-refractivity contribution in [3.63, 3.8) is 0 Å². The molecule has 0 saturated carbocycles. The Morgan fingerprint density at radius 1 is 0.960 bits per heavy atom. The average molecular weight is 749 g/mol. The Morgan fingerprint density at radius 2 is 1.76 bits per heavy atom. The first-order valence-electron chi connectivity index (χ1n) is 15.5. The Morgan fingerprint density at radius 3 is 2.48 bits per heavy atom. The van der Waals surface area contributed by atoms with Crippen LogP contribution in [0, 0.1) is 6.92 Å². The molecule has 13 heteroatoms. The summed E-state index contributed by atoms with van der Waals surface area (Å²) in [7, 11) is 1.50. The summed E-state index contributed by atoms with van der Waals surface area (Å²) >= 11 is 14.9. The van der Waals surface area contributed by atoms with Gasteiger partial charge < -0.3 is 19.3 Å². The van der Waals surface area contributed by atoms with Gasteiger partial charge in [-0.25, -0.2) is 0 Å². The van der Waals surface area contributed by atoms with E-state index in [0.29, 0.717) is 61.7 Å². The summed E-state index contributed by atoms with van der Waals surface area (Å²) in [5, 5.41) is 21.5. The van der Waals surface area contributed by atoms with Gasteiger partial charge >= 0.3 is 5.91 Å². The van der Waals surface area contributed by atoms with Gasteiger partial charge in [-0.05, 0) is 79.1 Å². The van der Waals surface area contributed by atoms with Crippen LogP contribution in [0.15, 0.2) is 94.8 Å². The fraction of sp³-hybridized carbons (Fsp3) is 0.189. The van der Waals surface area contributed by atoms with Crippen molar-refractivity contribution in [3.05, 3.63) is 128 Å². The van der Waals surface area contributed by atoms with E-state index in [9.17, 15) is 14.7 Å². The minimum Gasteiger partial charge on any atom is -0.507 e. The molecule has 0 spiro atoms. The quantitative estimate of drug-likeness (QED) is 0.0439. The number of Topliss-reactive ketones (excluding diaryl/α,β-unsaturated/α-hetero) is 1. The number of aromatic nitrogens is 2. The van der Waals surface area contributed by atoms with Crippen LogP contribution >= 0.6 is 46.3 Å². The van der Waals surface area contributed by atoms with E-state index in [1.165, 1.54) is 23.8 Å². The number of hydrogen-bond donors (Lipinski definition) is 1. The number of aliphatic hydroxyl groups excluding tert-OH is 1. The summed E-state index contributed by atoms with van der Waals surface area (Å²) in [6, 6.07) is 24.0. The maximum Gasteiger partial charge on any atom is 0.301 e. The van der Waals surface area contributed by atoms with Gasteiger partial charge in [0, 0.05) is 21.4 Å². The lowest BCUT2D eigenvalue weighted by Gasteiger charge is -2.23. The number of methoxy groups -OCH3 is 1. The highest BCUT2D eigenvalue weighted by molar-refractivity contribution is 8.00. The van der Waals surface area contributed by atoms with Crippen molar-refractivity contribution in [2.24, 2.45) is 0 Å². The Labute approximate surface area is 307 Å². The largest absolute Gasteiger partial charge is 0.507 e. The number of benzene rings is 4. The zero-order chi connectivity index (χ0) is 35.4. The molecule has 256 valence electrons. The predicted octanol–water partition coefficient (Wildman–Crippen LogP) is 9.06. The Hall–Kier alpha value is -4.55. The van der Waals surface area contributed by atoms with Gasteiger partial charge in [-0.1, -0.05) is 88.3 Å². The molecule has 5 aromatic rings. The van der Waals surface area contributed by atoms with Crippen LogP contribution in [0.4, 0.5) is 5.13 Å². The zero-order valence-corrected chi connectivity index (χ0v) is 30.3. The third kappa shape index (κ3) is 7.61. The number of halogens is 2. The van der Waals surface area contributed by atoms with E-state index in [1.54, 1.807) is 54.6 Å². The first kappa shape index (κ1) is 35.3. The van der Waals surface area contributed by atoms with E-state index in [2.05, 4.69) is 10.2 Å². The number of ether oxygens (including phenoxy) is 3. The van der Waals surface area contributed by atoms with Crippen LogP contribution in [0.3, 0.4) is 0 Å². The van der Waals surface area contributed by atoms with Gasteiger partial charge in [0.15, 0.2) is 15.8 Å². The lowest BCUT2D eigenvalue weighted by molar-refractivity contribution is -0.132. The molecule has 1 N–H and O–H groups in total. The van der Waals surface area contributed by atoms with E-state index >= 15 is 0 Å². The average Bonchev–Trinajstić information content (AvgIpc) is 3.68. The van der Waals surface area contributed by atoms with E-state index in [4.69, 9.17) is 37.4 Å². The number of carbonyl (C=O) groups is 2. The molecule has 9 nitrogen and oxygen atoms in total. The second-order valence-electron chi connectivity index (χ2n) is 11.2. The highest BCUT2D eigenvalue weighted by Crippen LogP contribution is 2.46. The molecule has 1 atom stereocenters. The van der Waals surface area contributed by atoms with Crippen molar-refractivity contribution in [2.75, 3.05) is 18.6 Å². The van der Waals surface area contributed by atoms with E-state index in [1.807, 2.05) is 44.2 Å². The maximum absolute atomic E-state index is 13.8. The summed E-state index contributed by atoms with van der Waals surface area (Å²) in [6.07, 6.45) is 0. The van der Waals surface area contributed by atoms with Crippen LogP contribution < -0.4 is 19.1 Å². The smallest absolute Gasteiger partial charge is 0.301 e. The monoisotopic (exact) mass is 747 g/mol. The SMILES string of the molecule is CCOc1ccc(C2/C(=C(\O)c3ccc(OCc4cccc(C)c4)cc3)C(=O)C(=O)N2c2nnc(SCc3ccc(Cl)cc3Cl)s2)cc1OC. The molecule has 1 saturated heterocycles. The maximum atomic E-state index is 13.8. The lowest BCUT2D eigenvalue weighted by atomic mass is 9.95. The molecule has 0 radical (unpaired) electrons. The molecule has 2 heterocycles. The molecule has 0 bridgehead atoms. The van der Waals surface area contributed by atoms with Gasteiger partial charge in [-0.2, -0.15) is 0 Å². The van der Waals surface area contributed by atoms with Crippen molar-refractivity contribution >= 4 is 68.9 Å². The number of thioether (sulfide) groups is 1. The van der Waals surface area contributed by atoms with Crippen LogP contribution in [0.25, 0.3) is 5.76 Å². The fourth-order valence-electron chi connectivity index (χ4n) is 5.44. The molecule has 6 rings (SSSR count). The molecule has 1 amide bonds. The minimum absolute atomic E-state index is 0.105. The lowest BCUT2D eigenvalue weighted by Crippen LogP contribution is -2.29. The van der Waals surface area contributed by atoms with E-state index in [-0.39, 0.29) is 16.5 Å². The third-order valence-electron chi connectivity index (χ3n) is 7.83. The molecule has 1 fully saturated rings. The number of carbonyl (C=O) groups excluding carboxylic acids is 2. The van der Waals surface area contributed by atoms with Gasteiger partial charge in [-0.15, -0.1) is 10.2 Å². The van der Waals surface area contributed by atoms with Crippen LogP contribution in [-0.4, -0.2) is 40.7 Å². The van der Waals surface area contributed by atoms with Crippen molar-refractivity contribution < 1.29 is 28.9 Å². The molecule has 4 aromatic carbocycles. The number of rotatable bonds is 12. The van der Waals surface area contributed by atoms with Gasteiger partial charge in [-0.3, -0.25) is 14.5 Å². The van der Waals surface area contributed by atoms with Crippen molar-refractivity contribution in [3.8, 4) is 17.2 Å². The number of ketones is 1. The molecular formula is C37H31Cl2N3O6S2. The van der Waals surface area contributed by atoms with E-state index in [0.717, 1.165) is 28.0 Å². The Bertz CT molecular complexity index is 2090. The molecule has 1 aromatic heterocycles. The Kier molecular flexibility index (Phi) is 11.0. The molecule has 1 aliphatic heterocycles. The highest BCUT2D eigenvalue weighted by Gasteiger charge is 2.48. The van der Waals surface area contributed by atoms with Crippen molar-refractivity contribution in [1.82, 2.24) is 10.2 Å². The second-order valence-corrected chi connectivity index (χ2v) is 14.2. The zero-order valence-electron chi connectivity index (χ0n) is 27.2. The van der Waals surface area contributed by atoms with Gasteiger partial charge in [0.1, 0.15) is 18.1 Å². The number of aliphatic hydroxyl groups is 1. The first-order chi connectivity index (χ1) is 24.2. The summed E-state index contributed by atoms with van der Waals surface area (Å²) in [5.74, 6) is -0.104. The van der Waals surface area contributed by atoms with Crippen LogP contribution in [-0.2, 0) is 21.9 Å². The third-order valence-corrected chi connectivity index (χ3v) is 10.5. The predicted molar refractivity (Wildman–Crippen MR) is 197 cm³/mol. The van der Waals surface area contributed by atoms with Crippen LogP contribution in [0.1, 0.15) is 40.8 Å².